The third-order valence-corrected chi connectivity index (χ3v) is 2.76. The first-order valence-electron chi connectivity index (χ1n) is 4.88. The van der Waals surface area contributed by atoms with Crippen LogP contribution in [0.3, 0.4) is 0 Å². The van der Waals surface area contributed by atoms with Gasteiger partial charge in [-0.3, -0.25) is 0 Å². The lowest BCUT2D eigenvalue weighted by Gasteiger charge is -2.32. The highest BCUT2D eigenvalue weighted by atomic mass is 19.1. The molecule has 1 aromatic rings. The predicted molar refractivity (Wildman–Crippen MR) is 50.5 cm³/mol. The fraction of sp³-hybridized carbons (Fsp3) is 0.778. The molecule has 0 spiro atoms. The Balaban J connectivity index is 2.27. The lowest BCUT2D eigenvalue weighted by molar-refractivity contribution is 0.0812. The Morgan fingerprint density at radius 3 is 3.07 bits per heavy atom. The van der Waals surface area contributed by atoms with E-state index in [1.807, 2.05) is 6.92 Å². The maximum Gasteiger partial charge on any atom is 0.173 e. The molecule has 2 atom stereocenters. The fourth-order valence-electron chi connectivity index (χ4n) is 2.07. The van der Waals surface area contributed by atoms with E-state index >= 15 is 0 Å². The van der Waals surface area contributed by atoms with Crippen LogP contribution in [0.25, 0.3) is 0 Å². The number of nitrogens with zero attached hydrogens (tertiary/aromatic N) is 3. The minimum Gasteiger partial charge on any atom is -0.318 e. The molecule has 2 rings (SSSR count). The first-order chi connectivity index (χ1) is 6.62. The van der Waals surface area contributed by atoms with Crippen LogP contribution < -0.4 is 5.32 Å². The largest absolute Gasteiger partial charge is 0.318 e. The summed E-state index contributed by atoms with van der Waals surface area (Å²) in [7, 11) is 1.78. The summed E-state index contributed by atoms with van der Waals surface area (Å²) in [6.45, 7) is 2.69. The lowest BCUT2D eigenvalue weighted by Crippen LogP contribution is -2.43. The lowest BCUT2D eigenvalue weighted by atomic mass is 9.89. The molecule has 1 aliphatic heterocycles. The van der Waals surface area contributed by atoms with Crippen molar-refractivity contribution in [3.8, 4) is 0 Å². The topological polar surface area (TPSA) is 42.7 Å². The Morgan fingerprint density at radius 1 is 1.71 bits per heavy atom. The summed E-state index contributed by atoms with van der Waals surface area (Å²) in [5, 5.41) is 10.8. The Labute approximate surface area is 82.5 Å². The van der Waals surface area contributed by atoms with Crippen molar-refractivity contribution < 1.29 is 4.39 Å². The van der Waals surface area contributed by atoms with Crippen LogP contribution in [-0.2, 0) is 12.7 Å². The zero-order valence-electron chi connectivity index (χ0n) is 8.50. The standard InChI is InChI=1S/C9H15FN4/c1-7-5-9(10,3-4-11-7)8-13-12-6-14(8)2/h6-7,11H,3-5H2,1-2H3. The van der Waals surface area contributed by atoms with Gasteiger partial charge in [-0.2, -0.15) is 0 Å². The number of hydrogen-bond acceptors (Lipinski definition) is 3. The van der Waals surface area contributed by atoms with Crippen molar-refractivity contribution in [2.45, 2.75) is 31.5 Å². The molecule has 1 fully saturated rings. The summed E-state index contributed by atoms with van der Waals surface area (Å²) in [5.41, 5.74) is -1.31. The van der Waals surface area contributed by atoms with E-state index < -0.39 is 5.67 Å². The maximum absolute atomic E-state index is 14.5. The van der Waals surface area contributed by atoms with Crippen molar-refractivity contribution in [2.75, 3.05) is 6.54 Å². The molecular weight excluding hydrogens is 183 g/mol. The summed E-state index contributed by atoms with van der Waals surface area (Å²) >= 11 is 0. The zero-order valence-corrected chi connectivity index (χ0v) is 8.50. The van der Waals surface area contributed by atoms with Crippen molar-refractivity contribution in [1.29, 1.82) is 0 Å². The maximum atomic E-state index is 14.5. The molecule has 2 unspecified atom stereocenters. The van der Waals surface area contributed by atoms with Crippen molar-refractivity contribution >= 4 is 0 Å². The highest BCUT2D eigenvalue weighted by Crippen LogP contribution is 2.35. The van der Waals surface area contributed by atoms with Crippen LogP contribution in [0.15, 0.2) is 6.33 Å². The van der Waals surface area contributed by atoms with Crippen LogP contribution in [0.5, 0.6) is 0 Å². The van der Waals surface area contributed by atoms with Gasteiger partial charge < -0.3 is 9.88 Å². The Kier molecular flexibility index (Phi) is 2.26. The van der Waals surface area contributed by atoms with Crippen LogP contribution in [0.1, 0.15) is 25.6 Å². The molecule has 0 aromatic carbocycles. The molecule has 2 heterocycles. The summed E-state index contributed by atoms with van der Waals surface area (Å²) < 4.78 is 16.2. The second kappa shape index (κ2) is 3.31. The van der Waals surface area contributed by atoms with Gasteiger partial charge in [0.15, 0.2) is 11.5 Å². The Bertz CT molecular complexity index is 324. The van der Waals surface area contributed by atoms with E-state index in [1.54, 1.807) is 17.9 Å². The number of rotatable bonds is 1. The van der Waals surface area contributed by atoms with E-state index in [0.717, 1.165) is 0 Å². The smallest absolute Gasteiger partial charge is 0.173 e. The van der Waals surface area contributed by atoms with Gasteiger partial charge in [0.05, 0.1) is 0 Å². The first-order valence-corrected chi connectivity index (χ1v) is 4.88. The first kappa shape index (κ1) is 9.58. The highest BCUT2D eigenvalue weighted by molar-refractivity contribution is 5.05. The Hall–Kier alpha value is -0.970. The third-order valence-electron chi connectivity index (χ3n) is 2.76. The molecule has 0 aliphatic carbocycles. The zero-order chi connectivity index (χ0) is 10.2. The summed E-state index contributed by atoms with van der Waals surface area (Å²) in [5.74, 6) is 0.450. The van der Waals surface area contributed by atoms with Crippen molar-refractivity contribution in [2.24, 2.45) is 7.05 Å². The van der Waals surface area contributed by atoms with Crippen LogP contribution in [-0.4, -0.2) is 27.4 Å². The molecule has 5 heteroatoms. The highest BCUT2D eigenvalue weighted by Gasteiger charge is 2.40. The molecule has 4 nitrogen and oxygen atoms in total. The van der Waals surface area contributed by atoms with Gasteiger partial charge in [-0.1, -0.05) is 0 Å². The number of aromatic nitrogens is 3. The van der Waals surface area contributed by atoms with E-state index in [-0.39, 0.29) is 6.04 Å². The molecule has 78 valence electrons. The number of halogens is 1. The summed E-state index contributed by atoms with van der Waals surface area (Å²) in [6, 6.07) is 0.199. The normalized spacial score (nSPS) is 33.2. The van der Waals surface area contributed by atoms with E-state index in [4.69, 9.17) is 0 Å². The summed E-state index contributed by atoms with van der Waals surface area (Å²) in [4.78, 5) is 0. The minimum absolute atomic E-state index is 0.199. The molecule has 14 heavy (non-hydrogen) atoms. The quantitative estimate of drug-likeness (QED) is 0.724. The van der Waals surface area contributed by atoms with Gasteiger partial charge in [0.25, 0.3) is 0 Å². The monoisotopic (exact) mass is 198 g/mol. The minimum atomic E-state index is -1.31. The van der Waals surface area contributed by atoms with Gasteiger partial charge in [0.1, 0.15) is 6.33 Å². The summed E-state index contributed by atoms with van der Waals surface area (Å²) in [6.07, 6.45) is 2.49. The number of alkyl halides is 1. The van der Waals surface area contributed by atoms with Gasteiger partial charge in [-0.15, -0.1) is 10.2 Å². The molecule has 1 N–H and O–H groups in total. The van der Waals surface area contributed by atoms with Crippen molar-refractivity contribution in [3.05, 3.63) is 12.2 Å². The molecule has 1 aliphatic rings. The average Bonchev–Trinajstić information content (AvgIpc) is 2.51. The second-order valence-electron chi connectivity index (χ2n) is 4.04. The number of piperidine rings is 1. The van der Waals surface area contributed by atoms with Gasteiger partial charge >= 0.3 is 0 Å². The van der Waals surface area contributed by atoms with E-state index in [0.29, 0.717) is 25.2 Å². The number of hydrogen-bond donors (Lipinski definition) is 1. The van der Waals surface area contributed by atoms with Crippen molar-refractivity contribution in [3.63, 3.8) is 0 Å². The van der Waals surface area contributed by atoms with E-state index in [2.05, 4.69) is 15.5 Å². The fourth-order valence-corrected chi connectivity index (χ4v) is 2.07. The number of nitrogens with one attached hydrogen (secondary N) is 1. The average molecular weight is 198 g/mol. The van der Waals surface area contributed by atoms with Gasteiger partial charge in [-0.05, 0) is 13.5 Å². The van der Waals surface area contributed by atoms with Crippen LogP contribution in [0.4, 0.5) is 4.39 Å². The van der Waals surface area contributed by atoms with Crippen LogP contribution in [0, 0.1) is 0 Å². The molecular formula is C9H15FN4. The molecule has 1 aromatic heterocycles. The van der Waals surface area contributed by atoms with E-state index in [1.165, 1.54) is 0 Å². The molecule has 0 bridgehead atoms. The SMILES string of the molecule is CC1CC(F)(c2nncn2C)CCN1. The van der Waals surface area contributed by atoms with Gasteiger partial charge in [0, 0.05) is 25.9 Å². The molecule has 1 saturated heterocycles. The Morgan fingerprint density at radius 2 is 2.50 bits per heavy atom. The van der Waals surface area contributed by atoms with Crippen molar-refractivity contribution in [1.82, 2.24) is 20.1 Å². The predicted octanol–water partition coefficient (Wildman–Crippen LogP) is 0.752. The molecule has 0 amide bonds. The third kappa shape index (κ3) is 1.52. The van der Waals surface area contributed by atoms with Gasteiger partial charge in [0.2, 0.25) is 0 Å². The van der Waals surface area contributed by atoms with E-state index in [9.17, 15) is 4.39 Å². The van der Waals surface area contributed by atoms with Crippen LogP contribution >= 0.6 is 0 Å². The van der Waals surface area contributed by atoms with Gasteiger partial charge in [-0.25, -0.2) is 4.39 Å². The van der Waals surface area contributed by atoms with Crippen LogP contribution in [0.2, 0.25) is 0 Å². The number of aryl methyl sites for hydroxylation is 1. The molecule has 0 saturated carbocycles. The molecule has 0 radical (unpaired) electrons. The second-order valence-corrected chi connectivity index (χ2v) is 4.04.